The molecule has 4 rings (SSSR count). The number of aromatic nitrogens is 1. The highest BCUT2D eigenvalue weighted by atomic mass is 32.2. The monoisotopic (exact) mass is 322 g/mol. The van der Waals surface area contributed by atoms with Crippen LogP contribution in [0.15, 0.2) is 77.8 Å². The van der Waals surface area contributed by atoms with Gasteiger partial charge >= 0.3 is 0 Å². The second kappa shape index (κ2) is 5.14. The predicted octanol–water partition coefficient (Wildman–Crippen LogP) is 4.12. The molecule has 4 aromatic rings. The second-order valence-electron chi connectivity index (χ2n) is 5.39. The summed E-state index contributed by atoms with van der Waals surface area (Å²) in [6, 6.07) is 20.1. The highest BCUT2D eigenvalue weighted by Crippen LogP contribution is 2.23. The van der Waals surface area contributed by atoms with Gasteiger partial charge in [-0.3, -0.25) is 4.72 Å². The van der Waals surface area contributed by atoms with Crippen LogP contribution in [0.2, 0.25) is 0 Å². The molecule has 4 nitrogen and oxygen atoms in total. The lowest BCUT2D eigenvalue weighted by molar-refractivity contribution is 0.601. The minimum atomic E-state index is -3.62. The van der Waals surface area contributed by atoms with Crippen LogP contribution in [0.3, 0.4) is 0 Å². The molecule has 0 spiro atoms. The summed E-state index contributed by atoms with van der Waals surface area (Å²) in [7, 11) is -3.62. The van der Waals surface area contributed by atoms with E-state index in [-0.39, 0.29) is 4.90 Å². The molecule has 5 heteroatoms. The Balaban J connectivity index is 1.73. The number of fused-ring (bicyclic) bond motifs is 2. The Morgan fingerprint density at radius 3 is 2.48 bits per heavy atom. The fraction of sp³-hybridized carbons (Fsp3) is 0. The standard InChI is InChI=1S/C18H14N2O2S/c21-23(22,17-7-5-13-3-1-2-4-14(13)12-17)20-16-6-8-18-15(11-16)9-10-19-18/h1-12,19-20H. The van der Waals surface area contributed by atoms with E-state index in [2.05, 4.69) is 9.71 Å². The largest absolute Gasteiger partial charge is 0.361 e. The van der Waals surface area contributed by atoms with Gasteiger partial charge < -0.3 is 4.98 Å². The summed E-state index contributed by atoms with van der Waals surface area (Å²) >= 11 is 0. The Morgan fingerprint density at radius 1 is 0.783 bits per heavy atom. The Labute approximate surface area is 133 Å². The number of nitrogens with one attached hydrogen (secondary N) is 2. The van der Waals surface area contributed by atoms with Gasteiger partial charge in [0.1, 0.15) is 0 Å². The van der Waals surface area contributed by atoms with Gasteiger partial charge in [0.2, 0.25) is 0 Å². The fourth-order valence-corrected chi connectivity index (χ4v) is 3.75. The number of rotatable bonds is 3. The van der Waals surface area contributed by atoms with Gasteiger partial charge in [0.05, 0.1) is 4.90 Å². The first-order chi connectivity index (χ1) is 11.1. The number of benzene rings is 3. The molecular formula is C18H14N2O2S. The van der Waals surface area contributed by atoms with E-state index in [0.29, 0.717) is 5.69 Å². The molecule has 2 N–H and O–H groups in total. The van der Waals surface area contributed by atoms with Crippen LogP contribution in [0, 0.1) is 0 Å². The molecule has 3 aromatic carbocycles. The number of H-pyrrole nitrogens is 1. The molecule has 0 aliphatic rings. The molecule has 114 valence electrons. The zero-order valence-electron chi connectivity index (χ0n) is 12.2. The minimum absolute atomic E-state index is 0.255. The third kappa shape index (κ3) is 2.55. The van der Waals surface area contributed by atoms with Crippen LogP contribution in [0.5, 0.6) is 0 Å². The zero-order valence-corrected chi connectivity index (χ0v) is 13.0. The number of hydrogen-bond acceptors (Lipinski definition) is 2. The third-order valence-electron chi connectivity index (χ3n) is 3.84. The molecule has 0 aliphatic carbocycles. The predicted molar refractivity (Wildman–Crippen MR) is 93.1 cm³/mol. The maximum Gasteiger partial charge on any atom is 0.261 e. The SMILES string of the molecule is O=S(=O)(Nc1ccc2[nH]ccc2c1)c1ccc2ccccc2c1. The first-order valence-electron chi connectivity index (χ1n) is 7.21. The fourth-order valence-electron chi connectivity index (χ4n) is 2.67. The molecule has 0 radical (unpaired) electrons. The van der Waals surface area contributed by atoms with Gasteiger partial charge in [-0.1, -0.05) is 30.3 Å². The van der Waals surface area contributed by atoms with Gasteiger partial charge in [-0.2, -0.15) is 0 Å². The van der Waals surface area contributed by atoms with E-state index in [9.17, 15) is 8.42 Å². The molecule has 1 aromatic heterocycles. The average Bonchev–Trinajstić information content (AvgIpc) is 3.01. The van der Waals surface area contributed by atoms with E-state index >= 15 is 0 Å². The number of anilines is 1. The van der Waals surface area contributed by atoms with E-state index < -0.39 is 10.0 Å². The lowest BCUT2D eigenvalue weighted by atomic mass is 10.1. The summed E-state index contributed by atoms with van der Waals surface area (Å²) < 4.78 is 27.8. The normalized spacial score (nSPS) is 11.8. The highest BCUT2D eigenvalue weighted by Gasteiger charge is 2.14. The first-order valence-corrected chi connectivity index (χ1v) is 8.69. The average molecular weight is 322 g/mol. The molecule has 0 fully saturated rings. The van der Waals surface area contributed by atoms with Crippen molar-refractivity contribution in [3.05, 3.63) is 72.9 Å². The highest BCUT2D eigenvalue weighted by molar-refractivity contribution is 7.92. The Kier molecular flexibility index (Phi) is 3.09. The zero-order chi connectivity index (χ0) is 15.9. The summed E-state index contributed by atoms with van der Waals surface area (Å²) in [5, 5.41) is 2.88. The van der Waals surface area contributed by atoms with Crippen molar-refractivity contribution in [1.82, 2.24) is 4.98 Å². The molecule has 0 atom stereocenters. The van der Waals surface area contributed by atoms with Gasteiger partial charge in [0, 0.05) is 22.8 Å². The summed E-state index contributed by atoms with van der Waals surface area (Å²) in [5.74, 6) is 0. The molecule has 0 amide bonds. The first kappa shape index (κ1) is 13.8. The maximum absolute atomic E-state index is 12.6. The molecule has 1 heterocycles. The van der Waals surface area contributed by atoms with Crippen LogP contribution in [0.25, 0.3) is 21.7 Å². The molecule has 0 saturated carbocycles. The van der Waals surface area contributed by atoms with Crippen LogP contribution >= 0.6 is 0 Å². The van der Waals surface area contributed by atoms with Gasteiger partial charge in [0.25, 0.3) is 10.0 Å². The van der Waals surface area contributed by atoms with E-state index in [1.807, 2.05) is 54.7 Å². The van der Waals surface area contributed by atoms with Crippen molar-refractivity contribution in [3.8, 4) is 0 Å². The van der Waals surface area contributed by atoms with Crippen LogP contribution in [-0.4, -0.2) is 13.4 Å². The van der Waals surface area contributed by atoms with Gasteiger partial charge in [-0.05, 0) is 47.2 Å². The van der Waals surface area contributed by atoms with E-state index in [1.54, 1.807) is 18.2 Å². The molecular weight excluding hydrogens is 308 g/mol. The Hall–Kier alpha value is -2.79. The van der Waals surface area contributed by atoms with Crippen LogP contribution in [0.1, 0.15) is 0 Å². The summed E-state index contributed by atoms with van der Waals surface area (Å²) in [4.78, 5) is 3.34. The van der Waals surface area contributed by atoms with Crippen molar-refractivity contribution in [3.63, 3.8) is 0 Å². The number of aromatic amines is 1. The van der Waals surface area contributed by atoms with Crippen molar-refractivity contribution >= 4 is 37.4 Å². The second-order valence-corrected chi connectivity index (χ2v) is 7.08. The molecule has 0 aliphatic heterocycles. The lowest BCUT2D eigenvalue weighted by Crippen LogP contribution is -2.12. The number of hydrogen-bond donors (Lipinski definition) is 2. The van der Waals surface area contributed by atoms with E-state index in [4.69, 9.17) is 0 Å². The molecule has 23 heavy (non-hydrogen) atoms. The topological polar surface area (TPSA) is 62.0 Å². The van der Waals surface area contributed by atoms with E-state index in [0.717, 1.165) is 21.7 Å². The van der Waals surface area contributed by atoms with Crippen molar-refractivity contribution in [2.24, 2.45) is 0 Å². The van der Waals surface area contributed by atoms with Crippen molar-refractivity contribution in [1.29, 1.82) is 0 Å². The smallest absolute Gasteiger partial charge is 0.261 e. The minimum Gasteiger partial charge on any atom is -0.361 e. The van der Waals surface area contributed by atoms with Crippen LogP contribution < -0.4 is 4.72 Å². The van der Waals surface area contributed by atoms with Gasteiger partial charge in [-0.25, -0.2) is 8.42 Å². The summed E-state index contributed by atoms with van der Waals surface area (Å²) in [6.07, 6.45) is 1.83. The number of sulfonamides is 1. The van der Waals surface area contributed by atoms with Gasteiger partial charge in [0.15, 0.2) is 0 Å². The van der Waals surface area contributed by atoms with Crippen molar-refractivity contribution in [2.45, 2.75) is 4.90 Å². The van der Waals surface area contributed by atoms with Crippen LogP contribution in [0.4, 0.5) is 5.69 Å². The van der Waals surface area contributed by atoms with Gasteiger partial charge in [-0.15, -0.1) is 0 Å². The Morgan fingerprint density at radius 2 is 1.61 bits per heavy atom. The Bertz CT molecular complexity index is 1110. The quantitative estimate of drug-likeness (QED) is 0.596. The maximum atomic E-state index is 12.6. The summed E-state index contributed by atoms with van der Waals surface area (Å²) in [6.45, 7) is 0. The van der Waals surface area contributed by atoms with E-state index in [1.165, 1.54) is 0 Å². The van der Waals surface area contributed by atoms with Crippen molar-refractivity contribution < 1.29 is 8.42 Å². The third-order valence-corrected chi connectivity index (χ3v) is 5.22. The lowest BCUT2D eigenvalue weighted by Gasteiger charge is -2.09. The molecule has 0 bridgehead atoms. The molecule has 0 saturated heterocycles. The van der Waals surface area contributed by atoms with Crippen molar-refractivity contribution in [2.75, 3.05) is 4.72 Å². The summed E-state index contributed by atoms with van der Waals surface area (Å²) in [5.41, 5.74) is 1.52. The molecule has 0 unspecified atom stereocenters. The van der Waals surface area contributed by atoms with Crippen LogP contribution in [-0.2, 0) is 10.0 Å².